The summed E-state index contributed by atoms with van der Waals surface area (Å²) in [5, 5.41) is 23.1. The summed E-state index contributed by atoms with van der Waals surface area (Å²) in [5.74, 6) is -0.0449. The van der Waals surface area contributed by atoms with Gasteiger partial charge in [0.1, 0.15) is 0 Å². The molecular formula is C69H133NO5. The fraction of sp³-hybridized carbons (Fsp3) is 0.913. The van der Waals surface area contributed by atoms with Gasteiger partial charge in [-0.1, -0.05) is 334 Å². The van der Waals surface area contributed by atoms with E-state index in [-0.39, 0.29) is 18.5 Å². The van der Waals surface area contributed by atoms with Crippen LogP contribution in [0.25, 0.3) is 0 Å². The van der Waals surface area contributed by atoms with Crippen LogP contribution in [0.15, 0.2) is 24.3 Å². The van der Waals surface area contributed by atoms with Crippen molar-refractivity contribution in [3.63, 3.8) is 0 Å². The Balaban J connectivity index is 3.36. The first-order valence-corrected chi connectivity index (χ1v) is 34.1. The quantitative estimate of drug-likeness (QED) is 0.0320. The molecule has 2 atom stereocenters. The predicted octanol–water partition coefficient (Wildman–Crippen LogP) is 21.8. The minimum Gasteiger partial charge on any atom is -0.466 e. The van der Waals surface area contributed by atoms with Crippen LogP contribution in [0.3, 0.4) is 0 Å². The van der Waals surface area contributed by atoms with Crippen molar-refractivity contribution in [2.24, 2.45) is 0 Å². The van der Waals surface area contributed by atoms with Crippen molar-refractivity contribution in [2.75, 3.05) is 13.2 Å². The minimum absolute atomic E-state index is 0.0202. The van der Waals surface area contributed by atoms with Crippen LogP contribution in [0, 0.1) is 0 Å². The smallest absolute Gasteiger partial charge is 0.305 e. The van der Waals surface area contributed by atoms with E-state index in [1.54, 1.807) is 6.08 Å². The fourth-order valence-electron chi connectivity index (χ4n) is 10.7. The number of unbranched alkanes of at least 4 members (excludes halogenated alkanes) is 51. The Morgan fingerprint density at radius 3 is 0.947 bits per heavy atom. The van der Waals surface area contributed by atoms with Gasteiger partial charge in [-0.15, -0.1) is 0 Å². The first-order valence-electron chi connectivity index (χ1n) is 34.1. The number of aliphatic hydroxyl groups is 2. The number of amides is 1. The molecule has 3 N–H and O–H groups in total. The summed E-state index contributed by atoms with van der Waals surface area (Å²) < 4.78 is 5.50. The van der Waals surface area contributed by atoms with E-state index in [1.807, 2.05) is 6.08 Å². The zero-order valence-electron chi connectivity index (χ0n) is 50.8. The summed E-state index contributed by atoms with van der Waals surface area (Å²) in [6, 6.07) is -0.625. The lowest BCUT2D eigenvalue weighted by atomic mass is 10.0. The number of nitrogens with one attached hydrogen (secondary N) is 1. The maximum atomic E-state index is 12.5. The summed E-state index contributed by atoms with van der Waals surface area (Å²) in [7, 11) is 0. The van der Waals surface area contributed by atoms with Crippen LogP contribution in [0.4, 0.5) is 0 Å². The van der Waals surface area contributed by atoms with Crippen LogP contribution in [0.5, 0.6) is 0 Å². The lowest BCUT2D eigenvalue weighted by Crippen LogP contribution is -2.45. The third kappa shape index (κ3) is 61.4. The van der Waals surface area contributed by atoms with E-state index < -0.39 is 12.1 Å². The lowest BCUT2D eigenvalue weighted by Gasteiger charge is -2.20. The summed E-state index contributed by atoms with van der Waals surface area (Å²) in [4.78, 5) is 24.5. The molecule has 0 aromatic heterocycles. The SMILES string of the molecule is CCCCCCCCCCCCC/C=C/C(O)C(CO)NC(=O)CCCCCCCCCCCCCCCC/C=C\CCCCCCCCCCCCCCOC(=O)CCCCCCCCCCCCCCCCC. The van der Waals surface area contributed by atoms with Gasteiger partial charge in [-0.05, 0) is 57.8 Å². The first kappa shape index (κ1) is 73.3. The van der Waals surface area contributed by atoms with E-state index in [9.17, 15) is 19.8 Å². The van der Waals surface area contributed by atoms with E-state index in [0.717, 1.165) is 38.5 Å². The molecule has 6 heteroatoms. The number of hydrogen-bond acceptors (Lipinski definition) is 5. The van der Waals surface area contributed by atoms with Crippen molar-refractivity contribution in [2.45, 2.75) is 392 Å². The molecule has 444 valence electrons. The standard InChI is InChI=1S/C69H133NO5/c1-3-5-7-9-11-13-15-17-34-39-43-47-51-55-59-63-69(74)75-64-60-56-52-48-44-40-36-33-31-29-27-25-23-21-19-18-20-22-24-26-28-30-32-35-38-42-46-50-54-58-62-68(73)70-66(65-71)67(72)61-57-53-49-45-41-37-16-14-12-10-8-6-4-2/h19,21,57,61,66-67,71-72H,3-18,20,22-56,58-60,62-65H2,1-2H3,(H,70,73)/b21-19-,61-57+. The lowest BCUT2D eigenvalue weighted by molar-refractivity contribution is -0.143. The Morgan fingerprint density at radius 2 is 0.627 bits per heavy atom. The molecule has 0 saturated heterocycles. The number of carbonyl (C=O) groups excluding carboxylic acids is 2. The first-order chi connectivity index (χ1) is 37.0. The van der Waals surface area contributed by atoms with Gasteiger partial charge in [0.05, 0.1) is 25.4 Å². The summed E-state index contributed by atoms with van der Waals surface area (Å²) >= 11 is 0. The van der Waals surface area contributed by atoms with Crippen LogP contribution in [0.1, 0.15) is 380 Å². The molecule has 0 aliphatic heterocycles. The Hall–Kier alpha value is -1.66. The van der Waals surface area contributed by atoms with Crippen LogP contribution in [-0.2, 0) is 14.3 Å². The van der Waals surface area contributed by atoms with Crippen LogP contribution in [-0.4, -0.2) is 47.4 Å². The average Bonchev–Trinajstić information content (AvgIpc) is 3.41. The predicted molar refractivity (Wildman–Crippen MR) is 329 cm³/mol. The molecule has 0 fully saturated rings. The number of esters is 1. The second kappa shape index (κ2) is 64.9. The van der Waals surface area contributed by atoms with E-state index in [4.69, 9.17) is 4.74 Å². The highest BCUT2D eigenvalue weighted by Gasteiger charge is 2.18. The molecule has 0 aliphatic carbocycles. The summed E-state index contributed by atoms with van der Waals surface area (Å²) in [6.07, 6.45) is 81.1. The maximum Gasteiger partial charge on any atom is 0.305 e. The van der Waals surface area contributed by atoms with Crippen LogP contribution < -0.4 is 5.32 Å². The van der Waals surface area contributed by atoms with Crippen molar-refractivity contribution in [3.05, 3.63) is 24.3 Å². The number of allylic oxidation sites excluding steroid dienone is 3. The van der Waals surface area contributed by atoms with Gasteiger partial charge in [0.2, 0.25) is 5.91 Å². The normalized spacial score (nSPS) is 12.6. The van der Waals surface area contributed by atoms with Crippen molar-refractivity contribution in [3.8, 4) is 0 Å². The highest BCUT2D eigenvalue weighted by molar-refractivity contribution is 5.76. The Kier molecular flexibility index (Phi) is 63.4. The number of aliphatic hydroxyl groups excluding tert-OH is 2. The molecular weight excluding hydrogens is 923 g/mol. The molecule has 2 unspecified atom stereocenters. The molecule has 0 bridgehead atoms. The van der Waals surface area contributed by atoms with Crippen molar-refractivity contribution >= 4 is 11.9 Å². The second-order valence-corrected chi connectivity index (χ2v) is 23.5. The summed E-state index contributed by atoms with van der Waals surface area (Å²) in [6.45, 7) is 4.93. The Labute approximate surface area is 469 Å². The van der Waals surface area contributed by atoms with Gasteiger partial charge in [-0.2, -0.15) is 0 Å². The molecule has 0 saturated carbocycles. The second-order valence-electron chi connectivity index (χ2n) is 23.5. The molecule has 0 heterocycles. The van der Waals surface area contributed by atoms with Crippen LogP contribution >= 0.6 is 0 Å². The largest absolute Gasteiger partial charge is 0.466 e. The number of hydrogen-bond donors (Lipinski definition) is 3. The Morgan fingerprint density at radius 1 is 0.360 bits per heavy atom. The van der Waals surface area contributed by atoms with Gasteiger partial charge in [0, 0.05) is 12.8 Å². The van der Waals surface area contributed by atoms with Gasteiger partial charge in [0.15, 0.2) is 0 Å². The van der Waals surface area contributed by atoms with Crippen molar-refractivity contribution < 1.29 is 24.5 Å². The fourth-order valence-corrected chi connectivity index (χ4v) is 10.7. The number of carbonyl (C=O) groups is 2. The van der Waals surface area contributed by atoms with Crippen LogP contribution in [0.2, 0.25) is 0 Å². The minimum atomic E-state index is -0.842. The molecule has 0 rings (SSSR count). The van der Waals surface area contributed by atoms with E-state index in [1.165, 1.54) is 315 Å². The van der Waals surface area contributed by atoms with Gasteiger partial charge >= 0.3 is 5.97 Å². The zero-order chi connectivity index (χ0) is 54.3. The zero-order valence-corrected chi connectivity index (χ0v) is 50.8. The van der Waals surface area contributed by atoms with Crippen molar-refractivity contribution in [1.29, 1.82) is 0 Å². The molecule has 0 radical (unpaired) electrons. The average molecular weight is 1060 g/mol. The number of rotatable bonds is 64. The van der Waals surface area contributed by atoms with Gasteiger partial charge in [0.25, 0.3) is 0 Å². The maximum absolute atomic E-state index is 12.5. The Bertz CT molecular complexity index is 1170. The molecule has 0 aliphatic rings. The molecule has 0 aromatic rings. The molecule has 0 aromatic carbocycles. The third-order valence-electron chi connectivity index (χ3n) is 16.0. The van der Waals surface area contributed by atoms with E-state index in [2.05, 4.69) is 31.3 Å². The third-order valence-corrected chi connectivity index (χ3v) is 16.0. The van der Waals surface area contributed by atoms with E-state index in [0.29, 0.717) is 19.4 Å². The highest BCUT2D eigenvalue weighted by Crippen LogP contribution is 2.18. The van der Waals surface area contributed by atoms with Gasteiger partial charge in [-0.25, -0.2) is 0 Å². The molecule has 1 amide bonds. The molecule has 75 heavy (non-hydrogen) atoms. The monoisotopic (exact) mass is 1060 g/mol. The van der Waals surface area contributed by atoms with Gasteiger partial charge in [-0.3, -0.25) is 9.59 Å². The van der Waals surface area contributed by atoms with Crippen molar-refractivity contribution in [1.82, 2.24) is 5.32 Å². The molecule has 0 spiro atoms. The van der Waals surface area contributed by atoms with E-state index >= 15 is 0 Å². The topological polar surface area (TPSA) is 95.9 Å². The number of ether oxygens (including phenoxy) is 1. The summed E-state index contributed by atoms with van der Waals surface area (Å²) in [5.41, 5.74) is 0. The highest BCUT2D eigenvalue weighted by atomic mass is 16.5. The molecule has 6 nitrogen and oxygen atoms in total. The van der Waals surface area contributed by atoms with Gasteiger partial charge < -0.3 is 20.3 Å².